The van der Waals surface area contributed by atoms with Crippen LogP contribution in [0.2, 0.25) is 0 Å². The van der Waals surface area contributed by atoms with Gasteiger partial charge in [0.1, 0.15) is 11.8 Å². The predicted octanol–water partition coefficient (Wildman–Crippen LogP) is 3.38. The molecule has 0 spiro atoms. The van der Waals surface area contributed by atoms with Crippen LogP contribution < -0.4 is 0 Å². The van der Waals surface area contributed by atoms with E-state index in [1.165, 1.54) is 5.56 Å². The second-order valence-electron chi connectivity index (χ2n) is 5.69. The Labute approximate surface area is 135 Å². The lowest BCUT2D eigenvalue weighted by atomic mass is 10.0. The molecule has 0 saturated heterocycles. The van der Waals surface area contributed by atoms with E-state index in [1.807, 2.05) is 12.1 Å². The van der Waals surface area contributed by atoms with Crippen molar-refractivity contribution < 1.29 is 0 Å². The second kappa shape index (κ2) is 6.41. The van der Waals surface area contributed by atoms with Gasteiger partial charge in [0.15, 0.2) is 5.69 Å². The van der Waals surface area contributed by atoms with Crippen molar-refractivity contribution in [2.45, 2.75) is 26.3 Å². The molecule has 0 radical (unpaired) electrons. The van der Waals surface area contributed by atoms with Gasteiger partial charge < -0.3 is 0 Å². The first kappa shape index (κ1) is 14.9. The molecule has 3 aromatic rings. The summed E-state index contributed by atoms with van der Waals surface area (Å²) >= 11 is 0. The number of nitriles is 1. The Hall–Kier alpha value is -3.00. The van der Waals surface area contributed by atoms with Gasteiger partial charge in [0.25, 0.3) is 0 Å². The van der Waals surface area contributed by atoms with E-state index in [0.29, 0.717) is 23.9 Å². The van der Waals surface area contributed by atoms with Crippen LogP contribution in [-0.4, -0.2) is 20.0 Å². The Morgan fingerprint density at radius 3 is 2.57 bits per heavy atom. The van der Waals surface area contributed by atoms with Gasteiger partial charge in [-0.3, -0.25) is 4.98 Å². The first-order valence-corrected chi connectivity index (χ1v) is 7.52. The van der Waals surface area contributed by atoms with Crippen molar-refractivity contribution in [2.24, 2.45) is 0 Å². The molecule has 2 aromatic heterocycles. The topological polar surface area (TPSA) is 67.4 Å². The summed E-state index contributed by atoms with van der Waals surface area (Å²) in [5.74, 6) is 0.506. The van der Waals surface area contributed by atoms with Crippen LogP contribution in [0.15, 0.2) is 48.8 Å². The Kier molecular flexibility index (Phi) is 4.15. The summed E-state index contributed by atoms with van der Waals surface area (Å²) in [6.45, 7) is 4.91. The smallest absolute Gasteiger partial charge is 0.190 e. The molecule has 0 N–H and O–H groups in total. The first-order valence-electron chi connectivity index (χ1n) is 7.52. The van der Waals surface area contributed by atoms with Crippen molar-refractivity contribution in [3.8, 4) is 17.3 Å². The molecule has 0 atom stereocenters. The second-order valence-corrected chi connectivity index (χ2v) is 5.69. The number of hydrogen-bond acceptors (Lipinski definition) is 4. The number of hydrogen-bond donors (Lipinski definition) is 0. The fraction of sp³-hybridized carbons (Fsp3) is 0.222. The fourth-order valence-corrected chi connectivity index (χ4v) is 2.47. The van der Waals surface area contributed by atoms with Gasteiger partial charge in [0, 0.05) is 18.0 Å². The molecule has 5 nitrogen and oxygen atoms in total. The molecular formula is C18H17N5. The molecule has 1 aromatic carbocycles. The van der Waals surface area contributed by atoms with Gasteiger partial charge in [0.2, 0.25) is 0 Å². The average molecular weight is 303 g/mol. The molecule has 0 bridgehead atoms. The molecule has 23 heavy (non-hydrogen) atoms. The SMILES string of the molecule is CC(C)c1ccc(Cn2nnc(C#N)c2-c2cccnc2)cc1. The zero-order valence-corrected chi connectivity index (χ0v) is 13.1. The number of benzene rings is 1. The van der Waals surface area contributed by atoms with Crippen LogP contribution in [0, 0.1) is 11.3 Å². The molecule has 0 aliphatic rings. The summed E-state index contributed by atoms with van der Waals surface area (Å²) in [6.07, 6.45) is 3.42. The summed E-state index contributed by atoms with van der Waals surface area (Å²) in [5, 5.41) is 17.4. The van der Waals surface area contributed by atoms with Crippen LogP contribution in [0.5, 0.6) is 0 Å². The van der Waals surface area contributed by atoms with E-state index in [2.05, 4.69) is 59.5 Å². The van der Waals surface area contributed by atoms with Crippen molar-refractivity contribution in [3.63, 3.8) is 0 Å². The molecule has 114 valence electrons. The third-order valence-corrected chi connectivity index (χ3v) is 3.75. The van der Waals surface area contributed by atoms with Gasteiger partial charge in [-0.2, -0.15) is 5.26 Å². The van der Waals surface area contributed by atoms with Gasteiger partial charge in [-0.25, -0.2) is 4.68 Å². The zero-order chi connectivity index (χ0) is 16.2. The van der Waals surface area contributed by atoms with Crippen molar-refractivity contribution in [2.75, 3.05) is 0 Å². The minimum atomic E-state index is 0.316. The average Bonchev–Trinajstić information content (AvgIpc) is 2.99. The number of nitrogens with zero attached hydrogens (tertiary/aromatic N) is 5. The van der Waals surface area contributed by atoms with Crippen LogP contribution in [0.4, 0.5) is 0 Å². The molecule has 3 rings (SSSR count). The van der Waals surface area contributed by atoms with E-state index in [9.17, 15) is 5.26 Å². The third kappa shape index (κ3) is 3.11. The highest BCUT2D eigenvalue weighted by Gasteiger charge is 2.15. The standard InChI is InChI=1S/C18H17N5/c1-13(2)15-7-5-14(6-8-15)12-23-18(17(10-19)21-22-23)16-4-3-9-20-11-16/h3-9,11,13H,12H2,1-2H3. The van der Waals surface area contributed by atoms with Gasteiger partial charge in [-0.15, -0.1) is 5.10 Å². The molecule has 0 unspecified atom stereocenters. The maximum atomic E-state index is 9.27. The van der Waals surface area contributed by atoms with Crippen LogP contribution in [-0.2, 0) is 6.54 Å². The Morgan fingerprint density at radius 1 is 1.17 bits per heavy atom. The Morgan fingerprint density at radius 2 is 1.96 bits per heavy atom. The molecule has 0 amide bonds. The summed E-state index contributed by atoms with van der Waals surface area (Å²) in [6, 6.07) is 14.3. The summed E-state index contributed by atoms with van der Waals surface area (Å²) in [4.78, 5) is 4.12. The van der Waals surface area contributed by atoms with Gasteiger partial charge in [-0.05, 0) is 29.2 Å². The lowest BCUT2D eigenvalue weighted by molar-refractivity contribution is 0.655. The lowest BCUT2D eigenvalue weighted by Crippen LogP contribution is -2.04. The van der Waals surface area contributed by atoms with Crippen LogP contribution in [0.3, 0.4) is 0 Å². The van der Waals surface area contributed by atoms with Gasteiger partial charge >= 0.3 is 0 Å². The number of pyridine rings is 1. The Bertz CT molecular complexity index is 826. The molecule has 0 fully saturated rings. The maximum absolute atomic E-state index is 9.27. The quantitative estimate of drug-likeness (QED) is 0.741. The van der Waals surface area contributed by atoms with E-state index in [-0.39, 0.29) is 0 Å². The predicted molar refractivity (Wildman–Crippen MR) is 87.6 cm³/mol. The molecule has 0 aliphatic heterocycles. The highest BCUT2D eigenvalue weighted by atomic mass is 15.4. The summed E-state index contributed by atoms with van der Waals surface area (Å²) in [5.41, 5.74) is 4.28. The molecule has 2 heterocycles. The summed E-state index contributed by atoms with van der Waals surface area (Å²) < 4.78 is 1.75. The van der Waals surface area contributed by atoms with Crippen molar-refractivity contribution in [1.29, 1.82) is 5.26 Å². The van der Waals surface area contributed by atoms with E-state index in [1.54, 1.807) is 17.1 Å². The molecule has 0 aliphatic carbocycles. The van der Waals surface area contributed by atoms with E-state index in [4.69, 9.17) is 0 Å². The minimum Gasteiger partial charge on any atom is -0.264 e. The zero-order valence-electron chi connectivity index (χ0n) is 13.1. The highest BCUT2D eigenvalue weighted by molar-refractivity contribution is 5.63. The van der Waals surface area contributed by atoms with Gasteiger partial charge in [0.05, 0.1) is 6.54 Å². The van der Waals surface area contributed by atoms with Crippen molar-refractivity contribution in [3.05, 3.63) is 65.6 Å². The van der Waals surface area contributed by atoms with Crippen LogP contribution in [0.1, 0.15) is 36.6 Å². The third-order valence-electron chi connectivity index (χ3n) is 3.75. The number of rotatable bonds is 4. The lowest BCUT2D eigenvalue weighted by Gasteiger charge is -2.09. The minimum absolute atomic E-state index is 0.316. The molecular weight excluding hydrogens is 286 g/mol. The highest BCUT2D eigenvalue weighted by Crippen LogP contribution is 2.22. The van der Waals surface area contributed by atoms with Gasteiger partial charge in [-0.1, -0.05) is 43.3 Å². The molecule has 0 saturated carbocycles. The summed E-state index contributed by atoms with van der Waals surface area (Å²) in [7, 11) is 0. The first-order chi connectivity index (χ1) is 11.2. The van der Waals surface area contributed by atoms with E-state index >= 15 is 0 Å². The Balaban J connectivity index is 1.95. The molecule has 5 heteroatoms. The van der Waals surface area contributed by atoms with Crippen molar-refractivity contribution in [1.82, 2.24) is 20.0 Å². The largest absolute Gasteiger partial charge is 0.264 e. The fourth-order valence-electron chi connectivity index (χ4n) is 2.47. The van der Waals surface area contributed by atoms with E-state index in [0.717, 1.165) is 11.1 Å². The number of aromatic nitrogens is 4. The van der Waals surface area contributed by atoms with E-state index < -0.39 is 0 Å². The normalized spacial score (nSPS) is 10.7. The van der Waals surface area contributed by atoms with Crippen molar-refractivity contribution >= 4 is 0 Å². The van der Waals surface area contributed by atoms with Crippen LogP contribution >= 0.6 is 0 Å². The monoisotopic (exact) mass is 303 g/mol. The van der Waals surface area contributed by atoms with Crippen LogP contribution in [0.25, 0.3) is 11.3 Å². The maximum Gasteiger partial charge on any atom is 0.190 e.